The Bertz CT molecular complexity index is 1010. The summed E-state index contributed by atoms with van der Waals surface area (Å²) in [6.45, 7) is 1.15. The van der Waals surface area contributed by atoms with Gasteiger partial charge in [0.2, 0.25) is 0 Å². The molecule has 0 spiro atoms. The van der Waals surface area contributed by atoms with Crippen molar-refractivity contribution >= 4 is 22.6 Å². The van der Waals surface area contributed by atoms with Crippen LogP contribution in [0.1, 0.15) is 6.42 Å². The van der Waals surface area contributed by atoms with E-state index in [2.05, 4.69) is 5.32 Å². The molecule has 29 heavy (non-hydrogen) atoms. The average molecular weight is 396 g/mol. The van der Waals surface area contributed by atoms with Gasteiger partial charge < -0.3 is 24.1 Å². The predicted octanol–water partition coefficient (Wildman–Crippen LogP) is 3.14. The van der Waals surface area contributed by atoms with Crippen molar-refractivity contribution in [2.75, 3.05) is 39.2 Å². The number of rotatable bonds is 9. The van der Waals surface area contributed by atoms with Gasteiger partial charge in [-0.1, -0.05) is 12.1 Å². The second kappa shape index (κ2) is 9.64. The van der Waals surface area contributed by atoms with Crippen LogP contribution in [0.5, 0.6) is 11.5 Å². The summed E-state index contributed by atoms with van der Waals surface area (Å²) >= 11 is 0. The second-order valence-electron chi connectivity index (χ2n) is 6.54. The number of hydrogen-bond acceptors (Lipinski definition) is 6. The number of carbonyl (C=O) groups is 1. The van der Waals surface area contributed by atoms with E-state index >= 15 is 0 Å². The van der Waals surface area contributed by atoms with Gasteiger partial charge in [0.05, 0.1) is 12.8 Å². The predicted molar refractivity (Wildman–Crippen MR) is 112 cm³/mol. The van der Waals surface area contributed by atoms with Crippen LogP contribution in [-0.4, -0.2) is 44.7 Å². The number of nitrogens with zero attached hydrogens (tertiary/aromatic N) is 1. The van der Waals surface area contributed by atoms with Gasteiger partial charge in [0.15, 0.2) is 6.61 Å². The molecule has 0 aliphatic heterocycles. The molecule has 0 saturated carbocycles. The first-order chi connectivity index (χ1) is 14.1. The van der Waals surface area contributed by atoms with Crippen molar-refractivity contribution in [3.05, 3.63) is 65.0 Å². The number of likely N-dealkylation sites (N-methyl/N-ethyl adjacent to an activating group) is 1. The fourth-order valence-electron chi connectivity index (χ4n) is 2.85. The van der Waals surface area contributed by atoms with E-state index in [1.165, 1.54) is 6.07 Å². The molecule has 0 radical (unpaired) electrons. The van der Waals surface area contributed by atoms with Gasteiger partial charge in [-0.2, -0.15) is 0 Å². The highest BCUT2D eigenvalue weighted by Gasteiger charge is 2.10. The van der Waals surface area contributed by atoms with E-state index < -0.39 is 5.63 Å². The largest absolute Gasteiger partial charge is 0.497 e. The molecule has 1 aromatic heterocycles. The van der Waals surface area contributed by atoms with E-state index in [0.717, 1.165) is 23.2 Å². The van der Waals surface area contributed by atoms with Crippen molar-refractivity contribution in [2.45, 2.75) is 6.42 Å². The molecule has 0 fully saturated rings. The number of carbonyl (C=O) groups excluding carboxylic acids is 1. The molecule has 1 amide bonds. The second-order valence-corrected chi connectivity index (χ2v) is 6.54. The fraction of sp³-hybridized carbons (Fsp3) is 0.273. The molecule has 0 bridgehead atoms. The van der Waals surface area contributed by atoms with Gasteiger partial charge in [0.1, 0.15) is 17.1 Å². The van der Waals surface area contributed by atoms with E-state index in [4.69, 9.17) is 13.9 Å². The lowest BCUT2D eigenvalue weighted by Gasteiger charge is -2.18. The van der Waals surface area contributed by atoms with Crippen LogP contribution in [0.2, 0.25) is 0 Å². The maximum absolute atomic E-state index is 12.2. The third-order valence-electron chi connectivity index (χ3n) is 4.48. The summed E-state index contributed by atoms with van der Waals surface area (Å²) < 4.78 is 15.8. The molecular formula is C22H24N2O5. The normalized spacial score (nSPS) is 10.6. The van der Waals surface area contributed by atoms with Crippen LogP contribution < -0.4 is 20.4 Å². The molecule has 7 nitrogen and oxygen atoms in total. The molecule has 3 aromatic rings. The molecule has 1 N–H and O–H groups in total. The molecule has 3 rings (SSSR count). The van der Waals surface area contributed by atoms with E-state index in [-0.39, 0.29) is 12.5 Å². The number of anilines is 1. The summed E-state index contributed by atoms with van der Waals surface area (Å²) in [5.41, 5.74) is 0.883. The van der Waals surface area contributed by atoms with Crippen molar-refractivity contribution in [3.63, 3.8) is 0 Å². The minimum atomic E-state index is -0.394. The zero-order valence-electron chi connectivity index (χ0n) is 16.5. The fourth-order valence-corrected chi connectivity index (χ4v) is 2.85. The van der Waals surface area contributed by atoms with Crippen molar-refractivity contribution < 1.29 is 18.7 Å². The summed E-state index contributed by atoms with van der Waals surface area (Å²) in [4.78, 5) is 25.5. The van der Waals surface area contributed by atoms with E-state index in [9.17, 15) is 9.59 Å². The lowest BCUT2D eigenvalue weighted by Crippen LogP contribution is -2.33. The van der Waals surface area contributed by atoms with Crippen LogP contribution in [0.25, 0.3) is 11.0 Å². The Morgan fingerprint density at radius 2 is 1.83 bits per heavy atom. The summed E-state index contributed by atoms with van der Waals surface area (Å²) in [6, 6.07) is 15.9. The summed E-state index contributed by atoms with van der Waals surface area (Å²) in [5, 5.41) is 4.10. The monoisotopic (exact) mass is 396 g/mol. The van der Waals surface area contributed by atoms with Gasteiger partial charge in [-0.15, -0.1) is 0 Å². The Morgan fingerprint density at radius 1 is 1.10 bits per heavy atom. The smallest absolute Gasteiger partial charge is 0.338 e. The first-order valence-electron chi connectivity index (χ1n) is 9.34. The Balaban J connectivity index is 1.44. The number of amides is 1. The van der Waals surface area contributed by atoms with E-state index in [0.29, 0.717) is 24.4 Å². The number of para-hydroxylation sites is 1. The number of ether oxygens (including phenoxy) is 2. The lowest BCUT2D eigenvalue weighted by atomic mass is 10.2. The third kappa shape index (κ3) is 5.51. The first kappa shape index (κ1) is 20.3. The summed E-state index contributed by atoms with van der Waals surface area (Å²) in [5.74, 6) is 1.24. The number of hydrogen-bond donors (Lipinski definition) is 1. The molecule has 2 aromatic carbocycles. The molecule has 0 aliphatic rings. The molecule has 0 unspecified atom stereocenters. The average Bonchev–Trinajstić information content (AvgIpc) is 2.74. The molecule has 0 aliphatic carbocycles. The SMILES string of the molecule is COc1ccc(OCC(=O)N(C)CCCNc2cc(=O)oc3ccccc23)cc1. The van der Waals surface area contributed by atoms with Crippen LogP contribution in [-0.2, 0) is 4.79 Å². The number of methoxy groups -OCH3 is 1. The van der Waals surface area contributed by atoms with Crippen molar-refractivity contribution in [1.29, 1.82) is 0 Å². The van der Waals surface area contributed by atoms with Crippen LogP contribution in [0.3, 0.4) is 0 Å². The first-order valence-corrected chi connectivity index (χ1v) is 9.34. The van der Waals surface area contributed by atoms with Gasteiger partial charge in [-0.25, -0.2) is 4.79 Å². The highest BCUT2D eigenvalue weighted by Crippen LogP contribution is 2.21. The lowest BCUT2D eigenvalue weighted by molar-refractivity contribution is -0.132. The van der Waals surface area contributed by atoms with Gasteiger partial charge in [-0.05, 0) is 42.8 Å². The Morgan fingerprint density at radius 3 is 2.59 bits per heavy atom. The van der Waals surface area contributed by atoms with E-state index in [1.54, 1.807) is 49.4 Å². The maximum atomic E-state index is 12.2. The van der Waals surface area contributed by atoms with Crippen molar-refractivity contribution in [1.82, 2.24) is 4.90 Å². The highest BCUT2D eigenvalue weighted by atomic mass is 16.5. The third-order valence-corrected chi connectivity index (χ3v) is 4.48. The standard InChI is InChI=1S/C22H24N2O5/c1-24(21(25)15-28-17-10-8-16(27-2)9-11-17)13-5-12-23-19-14-22(26)29-20-7-4-3-6-18(19)20/h3-4,6-11,14,23H,5,12-13,15H2,1-2H3. The maximum Gasteiger partial charge on any atom is 0.338 e. The quantitative estimate of drug-likeness (QED) is 0.442. The van der Waals surface area contributed by atoms with Gasteiger partial charge in [0, 0.05) is 31.6 Å². The Kier molecular flexibility index (Phi) is 6.73. The zero-order chi connectivity index (χ0) is 20.6. The van der Waals surface area contributed by atoms with Crippen LogP contribution >= 0.6 is 0 Å². The van der Waals surface area contributed by atoms with Gasteiger partial charge in [-0.3, -0.25) is 4.79 Å². The summed E-state index contributed by atoms with van der Waals surface area (Å²) in [6.07, 6.45) is 0.722. The van der Waals surface area contributed by atoms with Crippen molar-refractivity contribution in [3.8, 4) is 11.5 Å². The Labute approximate surface area is 168 Å². The van der Waals surface area contributed by atoms with Gasteiger partial charge in [0.25, 0.3) is 5.91 Å². The molecule has 7 heteroatoms. The summed E-state index contributed by atoms with van der Waals surface area (Å²) in [7, 11) is 3.34. The molecule has 0 atom stereocenters. The number of benzene rings is 2. The molecule has 0 saturated heterocycles. The number of fused-ring (bicyclic) bond motifs is 1. The minimum absolute atomic E-state index is 0.0272. The van der Waals surface area contributed by atoms with Crippen molar-refractivity contribution in [2.24, 2.45) is 0 Å². The van der Waals surface area contributed by atoms with Crippen LogP contribution in [0.15, 0.2) is 63.8 Å². The molecular weight excluding hydrogens is 372 g/mol. The molecule has 152 valence electrons. The Hall–Kier alpha value is -3.48. The molecule has 1 heterocycles. The minimum Gasteiger partial charge on any atom is -0.497 e. The number of nitrogens with one attached hydrogen (secondary N) is 1. The van der Waals surface area contributed by atoms with Crippen LogP contribution in [0, 0.1) is 0 Å². The van der Waals surface area contributed by atoms with Crippen LogP contribution in [0.4, 0.5) is 5.69 Å². The van der Waals surface area contributed by atoms with E-state index in [1.807, 2.05) is 18.2 Å². The van der Waals surface area contributed by atoms with Gasteiger partial charge >= 0.3 is 5.63 Å². The highest BCUT2D eigenvalue weighted by molar-refractivity contribution is 5.89. The zero-order valence-corrected chi connectivity index (χ0v) is 16.5. The topological polar surface area (TPSA) is 81.0 Å².